The normalized spacial score (nSPS) is 23.6. The Hall–Kier alpha value is -1.35. The smallest absolute Gasteiger partial charge is 0.227 e. The third kappa shape index (κ3) is 2.47. The van der Waals surface area contributed by atoms with E-state index in [2.05, 4.69) is 17.4 Å². The van der Waals surface area contributed by atoms with Crippen molar-refractivity contribution in [3.8, 4) is 0 Å². The molecule has 3 nitrogen and oxygen atoms in total. The van der Waals surface area contributed by atoms with Crippen LogP contribution in [0.3, 0.4) is 0 Å². The summed E-state index contributed by atoms with van der Waals surface area (Å²) in [7, 11) is 0. The Kier molecular flexibility index (Phi) is 3.79. The summed E-state index contributed by atoms with van der Waals surface area (Å²) in [5, 5.41) is 3.17. The van der Waals surface area contributed by atoms with E-state index in [9.17, 15) is 4.79 Å². The van der Waals surface area contributed by atoms with Crippen LogP contribution in [0.4, 0.5) is 0 Å². The van der Waals surface area contributed by atoms with E-state index in [4.69, 9.17) is 5.73 Å². The maximum Gasteiger partial charge on any atom is 0.227 e. The van der Waals surface area contributed by atoms with Crippen molar-refractivity contribution < 1.29 is 4.79 Å². The van der Waals surface area contributed by atoms with E-state index in [0.717, 1.165) is 25.8 Å². The largest absolute Gasteiger partial charge is 0.355 e. The Morgan fingerprint density at radius 1 is 1.25 bits per heavy atom. The van der Waals surface area contributed by atoms with E-state index in [-0.39, 0.29) is 17.2 Å². The molecule has 0 saturated heterocycles. The van der Waals surface area contributed by atoms with Gasteiger partial charge in [0.1, 0.15) is 0 Å². The summed E-state index contributed by atoms with van der Waals surface area (Å²) in [4.78, 5) is 12.3. The Morgan fingerprint density at radius 2 is 2.00 bits per heavy atom. The van der Waals surface area contributed by atoms with Crippen LogP contribution in [0.25, 0.3) is 0 Å². The summed E-state index contributed by atoms with van der Waals surface area (Å²) in [5.41, 5.74) is 8.64. The minimum Gasteiger partial charge on any atom is -0.355 e. The highest BCUT2D eigenvalue weighted by molar-refractivity contribution is 5.86. The molecule has 1 aromatic rings. The predicted octanol–water partition coefficient (Wildman–Crippen LogP) is 2.35. The Labute approximate surface area is 120 Å². The lowest BCUT2D eigenvalue weighted by atomic mass is 9.73. The molecule has 0 bridgehead atoms. The lowest BCUT2D eigenvalue weighted by molar-refractivity contribution is -0.123. The van der Waals surface area contributed by atoms with Gasteiger partial charge in [0, 0.05) is 6.54 Å². The quantitative estimate of drug-likeness (QED) is 0.884. The van der Waals surface area contributed by atoms with Crippen LogP contribution in [0.1, 0.15) is 49.1 Å². The van der Waals surface area contributed by atoms with Crippen LogP contribution in [-0.2, 0) is 11.2 Å². The maximum atomic E-state index is 12.3. The van der Waals surface area contributed by atoms with Crippen LogP contribution in [0.15, 0.2) is 24.3 Å². The van der Waals surface area contributed by atoms with E-state index < -0.39 is 0 Å². The van der Waals surface area contributed by atoms with Crippen molar-refractivity contribution in [2.45, 2.75) is 44.4 Å². The number of nitrogens with two attached hydrogens (primary N) is 1. The monoisotopic (exact) mass is 272 g/mol. The van der Waals surface area contributed by atoms with Gasteiger partial charge >= 0.3 is 0 Å². The molecular weight excluding hydrogens is 248 g/mol. The van der Waals surface area contributed by atoms with Gasteiger partial charge in [-0.3, -0.25) is 4.79 Å². The lowest BCUT2D eigenvalue weighted by Crippen LogP contribution is -2.46. The first-order valence-corrected chi connectivity index (χ1v) is 7.80. The van der Waals surface area contributed by atoms with Gasteiger partial charge in [-0.2, -0.15) is 0 Å². The molecule has 0 radical (unpaired) electrons. The van der Waals surface area contributed by atoms with Crippen LogP contribution in [0, 0.1) is 5.41 Å². The molecule has 0 heterocycles. The molecule has 1 unspecified atom stereocenters. The molecule has 3 heteroatoms. The highest BCUT2D eigenvalue weighted by Gasteiger charge is 2.35. The van der Waals surface area contributed by atoms with E-state index in [1.165, 1.54) is 30.4 Å². The van der Waals surface area contributed by atoms with Gasteiger partial charge in [0.05, 0.1) is 5.92 Å². The minimum atomic E-state index is 0.0598. The summed E-state index contributed by atoms with van der Waals surface area (Å²) in [6.07, 6.45) is 7.01. The molecule has 0 aromatic heterocycles. The molecule has 1 fully saturated rings. The van der Waals surface area contributed by atoms with Crippen LogP contribution >= 0.6 is 0 Å². The highest BCUT2D eigenvalue weighted by atomic mass is 16.1. The second-order valence-corrected chi connectivity index (χ2v) is 6.44. The molecule has 0 aliphatic heterocycles. The molecule has 3 N–H and O–H groups in total. The van der Waals surface area contributed by atoms with Crippen molar-refractivity contribution in [3.63, 3.8) is 0 Å². The van der Waals surface area contributed by atoms with Gasteiger partial charge in [-0.25, -0.2) is 0 Å². The van der Waals surface area contributed by atoms with E-state index in [1.54, 1.807) is 0 Å². The zero-order valence-electron chi connectivity index (χ0n) is 12.0. The van der Waals surface area contributed by atoms with E-state index in [0.29, 0.717) is 6.54 Å². The molecular formula is C17H24N2O. The number of rotatable bonds is 4. The van der Waals surface area contributed by atoms with Crippen LogP contribution in [0.2, 0.25) is 0 Å². The molecule has 108 valence electrons. The average Bonchev–Trinajstić information content (AvgIpc) is 2.47. The van der Waals surface area contributed by atoms with Crippen molar-refractivity contribution in [1.29, 1.82) is 0 Å². The number of benzene rings is 1. The van der Waals surface area contributed by atoms with Gasteiger partial charge in [-0.15, -0.1) is 0 Å². The number of fused-ring (bicyclic) bond motifs is 1. The molecule has 3 rings (SSSR count). The minimum absolute atomic E-state index is 0.0598. The summed E-state index contributed by atoms with van der Waals surface area (Å²) in [6.45, 7) is 1.44. The number of amides is 1. The van der Waals surface area contributed by atoms with Crippen molar-refractivity contribution >= 4 is 5.91 Å². The lowest BCUT2D eigenvalue weighted by Gasteiger charge is -2.37. The first-order chi connectivity index (χ1) is 9.74. The van der Waals surface area contributed by atoms with E-state index >= 15 is 0 Å². The number of nitrogens with one attached hydrogen (secondary N) is 1. The van der Waals surface area contributed by atoms with Crippen LogP contribution in [-0.4, -0.2) is 19.0 Å². The fourth-order valence-corrected chi connectivity index (χ4v) is 3.65. The van der Waals surface area contributed by atoms with Crippen molar-refractivity contribution in [1.82, 2.24) is 5.32 Å². The zero-order valence-corrected chi connectivity index (χ0v) is 12.0. The number of carbonyl (C=O) groups excluding carboxylic acids is 1. The second kappa shape index (κ2) is 5.57. The Bertz CT molecular complexity index is 492. The standard InChI is InChI=1S/C17H24N2O/c18-11-17(8-4-1-5-9-17)12-19-16(20)15-10-13-6-2-3-7-14(13)15/h2-3,6-7,15H,1,4-5,8-12,18H2,(H,19,20). The summed E-state index contributed by atoms with van der Waals surface area (Å²) >= 11 is 0. The van der Waals surface area contributed by atoms with Crippen LogP contribution in [0.5, 0.6) is 0 Å². The Morgan fingerprint density at radius 3 is 2.70 bits per heavy atom. The molecule has 2 aliphatic carbocycles. The van der Waals surface area contributed by atoms with Gasteiger partial charge in [-0.1, -0.05) is 43.5 Å². The van der Waals surface area contributed by atoms with Gasteiger partial charge in [-0.05, 0) is 42.3 Å². The van der Waals surface area contributed by atoms with Gasteiger partial charge in [0.2, 0.25) is 5.91 Å². The Balaban J connectivity index is 1.58. The zero-order chi connectivity index (χ0) is 14.0. The average molecular weight is 272 g/mol. The predicted molar refractivity (Wildman–Crippen MR) is 80.5 cm³/mol. The third-order valence-electron chi connectivity index (χ3n) is 5.16. The highest BCUT2D eigenvalue weighted by Crippen LogP contribution is 2.37. The first kappa shape index (κ1) is 13.6. The molecule has 20 heavy (non-hydrogen) atoms. The fourth-order valence-electron chi connectivity index (χ4n) is 3.65. The first-order valence-electron chi connectivity index (χ1n) is 7.80. The van der Waals surface area contributed by atoms with Crippen molar-refractivity contribution in [2.24, 2.45) is 11.1 Å². The van der Waals surface area contributed by atoms with Crippen molar-refractivity contribution in [3.05, 3.63) is 35.4 Å². The van der Waals surface area contributed by atoms with Gasteiger partial charge in [0.25, 0.3) is 0 Å². The van der Waals surface area contributed by atoms with Crippen molar-refractivity contribution in [2.75, 3.05) is 13.1 Å². The van der Waals surface area contributed by atoms with Crippen LogP contribution < -0.4 is 11.1 Å². The summed E-state index contributed by atoms with van der Waals surface area (Å²) in [6, 6.07) is 8.24. The third-order valence-corrected chi connectivity index (χ3v) is 5.16. The van der Waals surface area contributed by atoms with Gasteiger partial charge in [0.15, 0.2) is 0 Å². The number of hydrogen-bond donors (Lipinski definition) is 2. The summed E-state index contributed by atoms with van der Waals surface area (Å²) < 4.78 is 0. The molecule has 2 aliphatic rings. The topological polar surface area (TPSA) is 55.1 Å². The molecule has 0 spiro atoms. The van der Waals surface area contributed by atoms with Gasteiger partial charge < -0.3 is 11.1 Å². The molecule has 1 amide bonds. The SMILES string of the molecule is NCC1(CNC(=O)C2Cc3ccccc32)CCCCC1. The molecule has 1 saturated carbocycles. The maximum absolute atomic E-state index is 12.3. The number of carbonyl (C=O) groups is 1. The van der Waals surface area contributed by atoms with E-state index in [1.807, 2.05) is 12.1 Å². The molecule has 1 aromatic carbocycles. The second-order valence-electron chi connectivity index (χ2n) is 6.44. The number of hydrogen-bond acceptors (Lipinski definition) is 2. The fraction of sp³-hybridized carbons (Fsp3) is 0.588. The molecule has 1 atom stereocenters. The summed E-state index contributed by atoms with van der Waals surface area (Å²) in [5.74, 6) is 0.242.